The predicted octanol–water partition coefficient (Wildman–Crippen LogP) is 4.19. The third-order valence-electron chi connectivity index (χ3n) is 6.58. The van der Waals surface area contributed by atoms with Gasteiger partial charge in [-0.3, -0.25) is 5.10 Å². The zero-order valence-corrected chi connectivity index (χ0v) is 12.5. The maximum absolute atomic E-state index is 4.10. The molecule has 2 aliphatic carbocycles. The summed E-state index contributed by atoms with van der Waals surface area (Å²) >= 11 is 0. The maximum Gasteiger partial charge on any atom is 0.0651 e. The van der Waals surface area contributed by atoms with Crippen LogP contribution in [0.15, 0.2) is 24.4 Å². The fourth-order valence-corrected chi connectivity index (χ4v) is 4.66. The van der Waals surface area contributed by atoms with E-state index in [0.29, 0.717) is 16.9 Å². The highest BCUT2D eigenvalue weighted by molar-refractivity contribution is 5.81. The molecule has 3 heteroatoms. The summed E-state index contributed by atoms with van der Waals surface area (Å²) in [5.41, 5.74) is 3.22. The maximum atomic E-state index is 4.10. The van der Waals surface area contributed by atoms with Crippen molar-refractivity contribution in [3.05, 3.63) is 24.4 Å². The van der Waals surface area contributed by atoms with Gasteiger partial charge in [0.1, 0.15) is 0 Å². The van der Waals surface area contributed by atoms with E-state index in [9.17, 15) is 0 Å². The first-order chi connectivity index (χ1) is 9.50. The second kappa shape index (κ2) is 3.78. The van der Waals surface area contributed by atoms with Gasteiger partial charge in [0.2, 0.25) is 0 Å². The summed E-state index contributed by atoms with van der Waals surface area (Å²) in [5, 5.41) is 12.1. The fraction of sp³-hybridized carbons (Fsp3) is 0.588. The minimum Gasteiger partial charge on any atom is -0.382 e. The number of nitrogens with zero attached hydrogens (tertiary/aromatic N) is 1. The van der Waals surface area contributed by atoms with Crippen LogP contribution in [0.5, 0.6) is 0 Å². The Bertz CT molecular complexity index is 657. The van der Waals surface area contributed by atoms with Gasteiger partial charge in [-0.15, -0.1) is 0 Å². The molecule has 2 saturated carbocycles. The first-order valence-corrected chi connectivity index (χ1v) is 7.70. The molecule has 2 aliphatic rings. The number of benzene rings is 1. The molecule has 2 fully saturated rings. The molecule has 0 amide bonds. The van der Waals surface area contributed by atoms with E-state index < -0.39 is 0 Å². The van der Waals surface area contributed by atoms with Gasteiger partial charge < -0.3 is 5.32 Å². The number of nitrogens with one attached hydrogen (secondary N) is 2. The van der Waals surface area contributed by atoms with E-state index in [1.54, 1.807) is 0 Å². The van der Waals surface area contributed by atoms with Crippen molar-refractivity contribution in [2.24, 2.45) is 16.7 Å². The summed E-state index contributed by atoms with van der Waals surface area (Å²) in [6, 6.07) is 7.09. The molecule has 2 aromatic rings. The molecule has 0 saturated heterocycles. The van der Waals surface area contributed by atoms with Crippen molar-refractivity contribution in [2.75, 3.05) is 5.32 Å². The standard InChI is InChI=1S/C17H23N3/c1-16(2)12-6-7-17(16,3)15(9-12)19-13-4-5-14-11(8-13)10-18-20-14/h4-5,8,10,12,15,19H,6-7,9H2,1-3H3,(H,18,20). The van der Waals surface area contributed by atoms with Gasteiger partial charge in [-0.05, 0) is 54.2 Å². The topological polar surface area (TPSA) is 40.7 Å². The molecule has 2 bridgehead atoms. The zero-order valence-electron chi connectivity index (χ0n) is 12.5. The van der Waals surface area contributed by atoms with Crippen molar-refractivity contribution in [3.8, 4) is 0 Å². The Morgan fingerprint density at radius 2 is 2.15 bits per heavy atom. The molecule has 3 unspecified atom stereocenters. The number of fused-ring (bicyclic) bond motifs is 3. The molecule has 4 rings (SSSR count). The van der Waals surface area contributed by atoms with Crippen LogP contribution in [0, 0.1) is 16.7 Å². The summed E-state index contributed by atoms with van der Waals surface area (Å²) in [5.74, 6) is 0.877. The molecular weight excluding hydrogens is 246 g/mol. The van der Waals surface area contributed by atoms with Crippen LogP contribution in [0.4, 0.5) is 5.69 Å². The van der Waals surface area contributed by atoms with Gasteiger partial charge in [0.25, 0.3) is 0 Å². The fourth-order valence-electron chi connectivity index (χ4n) is 4.66. The second-order valence-corrected chi connectivity index (χ2v) is 7.48. The summed E-state index contributed by atoms with van der Waals surface area (Å²) in [4.78, 5) is 0. The molecule has 106 valence electrons. The van der Waals surface area contributed by atoms with Gasteiger partial charge in [0.15, 0.2) is 0 Å². The average Bonchev–Trinajstić information content (AvgIpc) is 3.00. The van der Waals surface area contributed by atoms with E-state index in [1.165, 1.54) is 30.3 Å². The van der Waals surface area contributed by atoms with Crippen molar-refractivity contribution >= 4 is 16.6 Å². The van der Waals surface area contributed by atoms with Crippen LogP contribution in [-0.4, -0.2) is 16.2 Å². The van der Waals surface area contributed by atoms with Gasteiger partial charge in [0, 0.05) is 17.1 Å². The number of H-pyrrole nitrogens is 1. The minimum absolute atomic E-state index is 0.420. The lowest BCUT2D eigenvalue weighted by molar-refractivity contribution is 0.142. The Balaban J connectivity index is 1.63. The van der Waals surface area contributed by atoms with E-state index in [1.807, 2.05) is 6.20 Å². The van der Waals surface area contributed by atoms with Crippen molar-refractivity contribution in [2.45, 2.75) is 46.1 Å². The number of aromatic nitrogens is 2. The van der Waals surface area contributed by atoms with Crippen molar-refractivity contribution in [1.29, 1.82) is 0 Å². The van der Waals surface area contributed by atoms with Gasteiger partial charge in [-0.2, -0.15) is 5.10 Å². The Morgan fingerprint density at radius 1 is 1.30 bits per heavy atom. The van der Waals surface area contributed by atoms with Gasteiger partial charge in [-0.1, -0.05) is 20.8 Å². The third-order valence-corrected chi connectivity index (χ3v) is 6.58. The molecule has 1 aromatic carbocycles. The van der Waals surface area contributed by atoms with Gasteiger partial charge in [0.05, 0.1) is 11.7 Å². The SMILES string of the molecule is CC1(C)C2CCC1(C)C(Nc1ccc3[nH]ncc3c1)C2. The summed E-state index contributed by atoms with van der Waals surface area (Å²) in [6.45, 7) is 7.41. The quantitative estimate of drug-likeness (QED) is 0.858. The van der Waals surface area contributed by atoms with Crippen LogP contribution in [0.3, 0.4) is 0 Å². The lowest BCUT2D eigenvalue weighted by atomic mass is 9.69. The molecule has 0 spiro atoms. The Kier molecular flexibility index (Phi) is 2.31. The normalized spacial score (nSPS) is 34.8. The minimum atomic E-state index is 0.420. The molecule has 3 nitrogen and oxygen atoms in total. The van der Waals surface area contributed by atoms with E-state index in [-0.39, 0.29) is 0 Å². The van der Waals surface area contributed by atoms with Crippen molar-refractivity contribution < 1.29 is 0 Å². The third kappa shape index (κ3) is 1.44. The molecule has 20 heavy (non-hydrogen) atoms. The van der Waals surface area contributed by atoms with E-state index in [4.69, 9.17) is 0 Å². The smallest absolute Gasteiger partial charge is 0.0651 e. The Hall–Kier alpha value is -1.51. The number of anilines is 1. The first kappa shape index (κ1) is 12.2. The Labute approximate surface area is 120 Å². The number of hydrogen-bond acceptors (Lipinski definition) is 2. The summed E-state index contributed by atoms with van der Waals surface area (Å²) in [7, 11) is 0. The van der Waals surface area contributed by atoms with Crippen LogP contribution < -0.4 is 5.32 Å². The van der Waals surface area contributed by atoms with Crippen LogP contribution >= 0.6 is 0 Å². The van der Waals surface area contributed by atoms with Crippen molar-refractivity contribution in [3.63, 3.8) is 0 Å². The van der Waals surface area contributed by atoms with E-state index >= 15 is 0 Å². The lowest BCUT2D eigenvalue weighted by Crippen LogP contribution is -2.40. The largest absolute Gasteiger partial charge is 0.382 e. The van der Waals surface area contributed by atoms with Crippen molar-refractivity contribution in [1.82, 2.24) is 10.2 Å². The number of rotatable bonds is 2. The highest BCUT2D eigenvalue weighted by Crippen LogP contribution is 2.65. The van der Waals surface area contributed by atoms with Crippen LogP contribution in [-0.2, 0) is 0 Å². The van der Waals surface area contributed by atoms with E-state index in [2.05, 4.69) is 54.5 Å². The molecule has 1 heterocycles. The van der Waals surface area contributed by atoms with Crippen LogP contribution in [0.2, 0.25) is 0 Å². The summed E-state index contributed by atoms with van der Waals surface area (Å²) in [6.07, 6.45) is 5.97. The second-order valence-electron chi connectivity index (χ2n) is 7.48. The molecule has 0 aliphatic heterocycles. The summed E-state index contributed by atoms with van der Waals surface area (Å²) < 4.78 is 0. The molecule has 3 atom stereocenters. The highest BCUT2D eigenvalue weighted by Gasteiger charge is 2.61. The van der Waals surface area contributed by atoms with E-state index in [0.717, 1.165) is 11.4 Å². The monoisotopic (exact) mass is 269 g/mol. The highest BCUT2D eigenvalue weighted by atomic mass is 15.1. The number of hydrogen-bond donors (Lipinski definition) is 2. The van der Waals surface area contributed by atoms with Gasteiger partial charge >= 0.3 is 0 Å². The zero-order chi connectivity index (χ0) is 14.0. The average molecular weight is 269 g/mol. The molecule has 2 N–H and O–H groups in total. The molecular formula is C17H23N3. The first-order valence-electron chi connectivity index (χ1n) is 7.70. The molecule has 1 aromatic heterocycles. The van der Waals surface area contributed by atoms with Gasteiger partial charge in [-0.25, -0.2) is 0 Å². The Morgan fingerprint density at radius 3 is 2.85 bits per heavy atom. The van der Waals surface area contributed by atoms with Crippen LogP contribution in [0.1, 0.15) is 40.0 Å². The predicted molar refractivity (Wildman–Crippen MR) is 82.7 cm³/mol. The number of aromatic amines is 1. The van der Waals surface area contributed by atoms with Crippen LogP contribution in [0.25, 0.3) is 10.9 Å². The lowest BCUT2D eigenvalue weighted by Gasteiger charge is -2.40. The molecule has 0 radical (unpaired) electrons.